The maximum Gasteiger partial charge on any atom is 0.231 e. The molecule has 0 saturated heterocycles. The van der Waals surface area contributed by atoms with Crippen molar-refractivity contribution in [1.82, 2.24) is 0 Å². The summed E-state index contributed by atoms with van der Waals surface area (Å²) in [6.07, 6.45) is 0.791. The summed E-state index contributed by atoms with van der Waals surface area (Å²) in [7, 11) is 0. The number of hydrogen-bond donors (Lipinski definition) is 0. The van der Waals surface area contributed by atoms with Crippen LogP contribution in [0.4, 0.5) is 0 Å². The fourth-order valence-corrected chi connectivity index (χ4v) is 2.36. The van der Waals surface area contributed by atoms with Gasteiger partial charge in [0.15, 0.2) is 17.3 Å². The van der Waals surface area contributed by atoms with Gasteiger partial charge in [0.05, 0.1) is 19.8 Å². The van der Waals surface area contributed by atoms with E-state index in [0.29, 0.717) is 25.4 Å². The van der Waals surface area contributed by atoms with Crippen LogP contribution in [0.25, 0.3) is 0 Å². The first-order valence-electron chi connectivity index (χ1n) is 7.92. The standard InChI is InChI=1S/C19H20O5/c1-14(20)16-4-6-17(7-5-16)22-10-2-9-21-12-15-3-8-18-19(11-15)24-13-23-18/h3-8,11H,2,9-10,12-13H2,1H3. The average Bonchev–Trinajstić information content (AvgIpc) is 3.06. The highest BCUT2D eigenvalue weighted by atomic mass is 16.7. The lowest BCUT2D eigenvalue weighted by Crippen LogP contribution is -2.03. The van der Waals surface area contributed by atoms with Gasteiger partial charge in [0.1, 0.15) is 5.75 Å². The van der Waals surface area contributed by atoms with Gasteiger partial charge >= 0.3 is 0 Å². The molecule has 1 heterocycles. The molecule has 3 rings (SSSR count). The first kappa shape index (κ1) is 16.3. The molecule has 126 valence electrons. The van der Waals surface area contributed by atoms with E-state index in [1.807, 2.05) is 30.3 Å². The summed E-state index contributed by atoms with van der Waals surface area (Å²) >= 11 is 0. The van der Waals surface area contributed by atoms with Crippen LogP contribution in [-0.4, -0.2) is 25.8 Å². The van der Waals surface area contributed by atoms with Crippen LogP contribution >= 0.6 is 0 Å². The number of Topliss-reactive ketones (excluding diaryl/α,β-unsaturated/α-hetero) is 1. The Hall–Kier alpha value is -2.53. The minimum atomic E-state index is 0.0541. The molecule has 24 heavy (non-hydrogen) atoms. The third-order valence-corrected chi connectivity index (χ3v) is 3.67. The molecule has 0 radical (unpaired) electrons. The van der Waals surface area contributed by atoms with Crippen LogP contribution in [-0.2, 0) is 11.3 Å². The zero-order valence-corrected chi connectivity index (χ0v) is 13.6. The lowest BCUT2D eigenvalue weighted by Gasteiger charge is -2.08. The van der Waals surface area contributed by atoms with Gasteiger partial charge in [0.25, 0.3) is 0 Å². The molecular weight excluding hydrogens is 308 g/mol. The van der Waals surface area contributed by atoms with Gasteiger partial charge in [0, 0.05) is 12.0 Å². The monoisotopic (exact) mass is 328 g/mol. The lowest BCUT2D eigenvalue weighted by molar-refractivity contribution is 0.101. The number of carbonyl (C=O) groups is 1. The van der Waals surface area contributed by atoms with Crippen molar-refractivity contribution in [2.75, 3.05) is 20.0 Å². The highest BCUT2D eigenvalue weighted by Gasteiger charge is 2.12. The Morgan fingerprint density at radius 2 is 1.83 bits per heavy atom. The molecule has 0 unspecified atom stereocenters. The molecule has 1 aliphatic heterocycles. The molecular formula is C19H20O5. The third kappa shape index (κ3) is 4.26. The Morgan fingerprint density at radius 3 is 2.62 bits per heavy atom. The average molecular weight is 328 g/mol. The van der Waals surface area contributed by atoms with E-state index in [0.717, 1.165) is 29.2 Å². The van der Waals surface area contributed by atoms with E-state index >= 15 is 0 Å². The quantitative estimate of drug-likeness (QED) is 0.547. The lowest BCUT2D eigenvalue weighted by atomic mass is 10.1. The van der Waals surface area contributed by atoms with E-state index in [1.165, 1.54) is 0 Å². The van der Waals surface area contributed by atoms with Crippen LogP contribution in [0.5, 0.6) is 17.2 Å². The molecule has 2 aromatic carbocycles. The zero-order valence-electron chi connectivity index (χ0n) is 13.6. The number of benzene rings is 2. The molecule has 0 aromatic heterocycles. The molecule has 0 fully saturated rings. The molecule has 0 bridgehead atoms. The fraction of sp³-hybridized carbons (Fsp3) is 0.316. The number of ether oxygens (including phenoxy) is 4. The molecule has 5 heteroatoms. The Balaban J connectivity index is 1.33. The number of ketones is 1. The summed E-state index contributed by atoms with van der Waals surface area (Å²) in [6.45, 7) is 3.54. The summed E-state index contributed by atoms with van der Waals surface area (Å²) in [6, 6.07) is 13.0. The summed E-state index contributed by atoms with van der Waals surface area (Å²) in [5.74, 6) is 2.37. The van der Waals surface area contributed by atoms with Crippen LogP contribution in [0.3, 0.4) is 0 Å². The summed E-state index contributed by atoms with van der Waals surface area (Å²) in [4.78, 5) is 11.2. The van der Waals surface area contributed by atoms with Crippen LogP contribution in [0.1, 0.15) is 29.3 Å². The fourth-order valence-electron chi connectivity index (χ4n) is 2.36. The van der Waals surface area contributed by atoms with Gasteiger partial charge in [-0.25, -0.2) is 0 Å². The molecule has 0 atom stereocenters. The first-order valence-corrected chi connectivity index (χ1v) is 7.92. The van der Waals surface area contributed by atoms with Crippen molar-refractivity contribution >= 4 is 5.78 Å². The molecule has 0 amide bonds. The topological polar surface area (TPSA) is 54.0 Å². The van der Waals surface area contributed by atoms with E-state index in [1.54, 1.807) is 19.1 Å². The Kier molecular flexibility index (Phi) is 5.33. The molecule has 0 N–H and O–H groups in total. The second-order valence-electron chi connectivity index (χ2n) is 5.52. The van der Waals surface area contributed by atoms with Gasteiger partial charge in [-0.2, -0.15) is 0 Å². The predicted molar refractivity (Wildman–Crippen MR) is 88.8 cm³/mol. The van der Waals surface area contributed by atoms with E-state index in [4.69, 9.17) is 18.9 Å². The highest BCUT2D eigenvalue weighted by molar-refractivity contribution is 5.94. The molecule has 2 aromatic rings. The third-order valence-electron chi connectivity index (χ3n) is 3.67. The minimum absolute atomic E-state index is 0.0541. The van der Waals surface area contributed by atoms with Crippen molar-refractivity contribution in [2.24, 2.45) is 0 Å². The van der Waals surface area contributed by atoms with Crippen LogP contribution in [0.2, 0.25) is 0 Å². The molecule has 0 saturated carbocycles. The van der Waals surface area contributed by atoms with E-state index < -0.39 is 0 Å². The first-order chi connectivity index (χ1) is 11.7. The SMILES string of the molecule is CC(=O)c1ccc(OCCCOCc2ccc3c(c2)OCO3)cc1. The Bertz CT molecular complexity index is 693. The molecule has 1 aliphatic rings. The summed E-state index contributed by atoms with van der Waals surface area (Å²) in [5, 5.41) is 0. The van der Waals surface area contributed by atoms with Crippen LogP contribution < -0.4 is 14.2 Å². The Labute approximate surface area is 141 Å². The van der Waals surface area contributed by atoms with Gasteiger partial charge in [-0.15, -0.1) is 0 Å². The number of fused-ring (bicyclic) bond motifs is 1. The second kappa shape index (κ2) is 7.84. The second-order valence-corrected chi connectivity index (χ2v) is 5.52. The van der Waals surface area contributed by atoms with Crippen molar-refractivity contribution in [2.45, 2.75) is 20.0 Å². The summed E-state index contributed by atoms with van der Waals surface area (Å²) in [5.41, 5.74) is 1.74. The van der Waals surface area contributed by atoms with Crippen molar-refractivity contribution in [3.8, 4) is 17.2 Å². The Morgan fingerprint density at radius 1 is 1.04 bits per heavy atom. The normalized spacial score (nSPS) is 12.2. The largest absolute Gasteiger partial charge is 0.494 e. The van der Waals surface area contributed by atoms with E-state index in [-0.39, 0.29) is 12.6 Å². The number of carbonyl (C=O) groups excluding carboxylic acids is 1. The minimum Gasteiger partial charge on any atom is -0.494 e. The van der Waals surface area contributed by atoms with Gasteiger partial charge in [-0.1, -0.05) is 6.07 Å². The number of rotatable bonds is 8. The summed E-state index contributed by atoms with van der Waals surface area (Å²) < 4.78 is 21.9. The van der Waals surface area contributed by atoms with E-state index in [9.17, 15) is 4.79 Å². The van der Waals surface area contributed by atoms with Crippen LogP contribution in [0.15, 0.2) is 42.5 Å². The zero-order chi connectivity index (χ0) is 16.8. The van der Waals surface area contributed by atoms with E-state index in [2.05, 4.69) is 0 Å². The smallest absolute Gasteiger partial charge is 0.231 e. The van der Waals surface area contributed by atoms with Crippen LogP contribution in [0, 0.1) is 0 Å². The highest BCUT2D eigenvalue weighted by Crippen LogP contribution is 2.32. The number of hydrogen-bond acceptors (Lipinski definition) is 5. The maximum atomic E-state index is 11.2. The molecule has 0 aliphatic carbocycles. The van der Waals surface area contributed by atoms with Crippen molar-refractivity contribution in [3.63, 3.8) is 0 Å². The predicted octanol–water partition coefficient (Wildman–Crippen LogP) is 3.60. The van der Waals surface area contributed by atoms with Crippen molar-refractivity contribution in [3.05, 3.63) is 53.6 Å². The van der Waals surface area contributed by atoms with Crippen molar-refractivity contribution < 1.29 is 23.7 Å². The van der Waals surface area contributed by atoms with Gasteiger partial charge in [-0.3, -0.25) is 4.79 Å². The van der Waals surface area contributed by atoms with Gasteiger partial charge in [-0.05, 0) is 48.9 Å². The van der Waals surface area contributed by atoms with Crippen molar-refractivity contribution in [1.29, 1.82) is 0 Å². The van der Waals surface area contributed by atoms with Gasteiger partial charge in [0.2, 0.25) is 6.79 Å². The van der Waals surface area contributed by atoms with Gasteiger partial charge < -0.3 is 18.9 Å². The molecule has 5 nitrogen and oxygen atoms in total. The maximum absolute atomic E-state index is 11.2. The molecule has 0 spiro atoms.